The zero-order chi connectivity index (χ0) is 22.5. The highest BCUT2D eigenvalue weighted by atomic mass is 35.5. The van der Waals surface area contributed by atoms with Crippen LogP contribution in [0.15, 0.2) is 53.7 Å². The van der Waals surface area contributed by atoms with Crippen LogP contribution < -0.4 is 21.3 Å². The molecule has 0 aliphatic carbocycles. The van der Waals surface area contributed by atoms with Gasteiger partial charge in [-0.1, -0.05) is 23.7 Å². The van der Waals surface area contributed by atoms with Gasteiger partial charge in [-0.15, -0.1) is 0 Å². The van der Waals surface area contributed by atoms with Crippen molar-refractivity contribution in [2.45, 2.75) is 19.9 Å². The normalized spacial score (nSPS) is 15.6. The minimum absolute atomic E-state index is 0.00490. The fourth-order valence-corrected chi connectivity index (χ4v) is 3.74. The summed E-state index contributed by atoms with van der Waals surface area (Å²) in [6.45, 7) is 3.82. The Morgan fingerprint density at radius 3 is 2.48 bits per heavy atom. The Balaban J connectivity index is 1.73. The quantitative estimate of drug-likeness (QED) is 0.366. The second-order valence-electron chi connectivity index (χ2n) is 6.62. The predicted molar refractivity (Wildman–Crippen MR) is 129 cm³/mol. The van der Waals surface area contributed by atoms with Crippen molar-refractivity contribution < 1.29 is 13.9 Å². The van der Waals surface area contributed by atoms with Gasteiger partial charge in [0.15, 0.2) is 10.2 Å². The van der Waals surface area contributed by atoms with E-state index >= 15 is 0 Å². The summed E-state index contributed by atoms with van der Waals surface area (Å²) in [4.78, 5) is 12.5. The number of nitrogens with one attached hydrogen (secondary N) is 4. The number of benzene rings is 2. The lowest BCUT2D eigenvalue weighted by Gasteiger charge is -2.30. The molecule has 0 radical (unpaired) electrons. The number of esters is 1. The monoisotopic (exact) mass is 478 g/mol. The van der Waals surface area contributed by atoms with Gasteiger partial charge in [-0.2, -0.15) is 0 Å². The number of thiocarbonyl (C=S) groups is 2. The fraction of sp³-hybridized carbons (Fsp3) is 0.190. The number of allylic oxidation sites excluding steroid dienone is 1. The number of hydrogen-bond donors (Lipinski definition) is 4. The van der Waals surface area contributed by atoms with E-state index < -0.39 is 17.8 Å². The Bertz CT molecular complexity index is 1060. The molecule has 0 fully saturated rings. The van der Waals surface area contributed by atoms with Gasteiger partial charge in [0.2, 0.25) is 0 Å². The molecule has 1 atom stereocenters. The zero-order valence-corrected chi connectivity index (χ0v) is 19.1. The van der Waals surface area contributed by atoms with E-state index in [9.17, 15) is 9.18 Å². The molecule has 0 bridgehead atoms. The summed E-state index contributed by atoms with van der Waals surface area (Å²) in [7, 11) is 0. The summed E-state index contributed by atoms with van der Waals surface area (Å²) >= 11 is 16.3. The number of carbonyl (C=O) groups is 1. The number of rotatable bonds is 5. The van der Waals surface area contributed by atoms with Crippen LogP contribution in [0.3, 0.4) is 0 Å². The molecule has 2 aromatic rings. The van der Waals surface area contributed by atoms with Crippen molar-refractivity contribution in [3.05, 3.63) is 70.1 Å². The number of ether oxygens (including phenoxy) is 1. The van der Waals surface area contributed by atoms with Crippen molar-refractivity contribution in [2.75, 3.05) is 17.2 Å². The summed E-state index contributed by atoms with van der Waals surface area (Å²) < 4.78 is 18.5. The number of carbonyl (C=O) groups excluding carboxylic acids is 1. The molecule has 0 saturated carbocycles. The molecular weight excluding hydrogens is 459 g/mol. The fourth-order valence-electron chi connectivity index (χ4n) is 3.05. The van der Waals surface area contributed by atoms with E-state index in [4.69, 9.17) is 40.8 Å². The van der Waals surface area contributed by atoms with Gasteiger partial charge in [-0.3, -0.25) is 0 Å². The highest BCUT2D eigenvalue weighted by Crippen LogP contribution is 2.28. The molecule has 4 N–H and O–H groups in total. The molecule has 162 valence electrons. The van der Waals surface area contributed by atoms with Crippen molar-refractivity contribution in [3.8, 4) is 0 Å². The average molecular weight is 479 g/mol. The van der Waals surface area contributed by atoms with Crippen LogP contribution in [-0.4, -0.2) is 22.8 Å². The summed E-state index contributed by atoms with van der Waals surface area (Å²) in [6.07, 6.45) is 0. The Hall–Kier alpha value is -2.75. The standard InChI is InChI=1S/C21H20ClFN4O2S2/c1-3-29-19(28)17-11(2)24-20(30)27-18(17)12-4-6-13(7-5-12)25-21(31)26-14-8-9-16(23)15(22)10-14/h4-10,18H,3H2,1-2H3,(H2,24,27,30)(H2,25,26,31). The highest BCUT2D eigenvalue weighted by molar-refractivity contribution is 7.80. The molecule has 1 heterocycles. The Morgan fingerprint density at radius 2 is 1.84 bits per heavy atom. The summed E-state index contributed by atoms with van der Waals surface area (Å²) in [6, 6.07) is 11.2. The first kappa shape index (κ1) is 22.9. The molecule has 10 heteroatoms. The minimum atomic E-state index is -0.501. The van der Waals surface area contributed by atoms with Crippen LogP contribution in [0.1, 0.15) is 25.5 Å². The minimum Gasteiger partial charge on any atom is -0.463 e. The number of hydrogen-bond acceptors (Lipinski definition) is 4. The van der Waals surface area contributed by atoms with E-state index in [0.29, 0.717) is 27.2 Å². The third-order valence-electron chi connectivity index (χ3n) is 4.44. The van der Waals surface area contributed by atoms with Gasteiger partial charge >= 0.3 is 5.97 Å². The Kier molecular flexibility index (Phi) is 7.42. The molecular formula is C21H20ClFN4O2S2. The smallest absolute Gasteiger partial charge is 0.338 e. The van der Waals surface area contributed by atoms with Crippen LogP contribution in [0.25, 0.3) is 0 Å². The Labute approximate surface area is 195 Å². The number of anilines is 2. The molecule has 6 nitrogen and oxygen atoms in total. The molecule has 0 amide bonds. The van der Waals surface area contributed by atoms with Crippen molar-refractivity contribution >= 4 is 63.6 Å². The van der Waals surface area contributed by atoms with Gasteiger partial charge in [-0.05, 0) is 74.2 Å². The lowest BCUT2D eigenvalue weighted by atomic mass is 9.95. The first-order chi connectivity index (χ1) is 14.8. The maximum atomic E-state index is 13.3. The average Bonchev–Trinajstić information content (AvgIpc) is 2.71. The molecule has 31 heavy (non-hydrogen) atoms. The molecule has 3 rings (SSSR count). The third-order valence-corrected chi connectivity index (χ3v) is 5.16. The first-order valence-corrected chi connectivity index (χ1v) is 10.6. The van der Waals surface area contributed by atoms with Gasteiger partial charge in [0.25, 0.3) is 0 Å². The third kappa shape index (κ3) is 5.69. The van der Waals surface area contributed by atoms with Crippen molar-refractivity contribution in [1.82, 2.24) is 10.6 Å². The van der Waals surface area contributed by atoms with Crippen LogP contribution in [-0.2, 0) is 9.53 Å². The van der Waals surface area contributed by atoms with Crippen molar-refractivity contribution in [3.63, 3.8) is 0 Å². The lowest BCUT2D eigenvalue weighted by Crippen LogP contribution is -2.45. The summed E-state index contributed by atoms with van der Waals surface area (Å²) in [5, 5.41) is 12.8. The summed E-state index contributed by atoms with van der Waals surface area (Å²) in [5.41, 5.74) is 3.25. The second kappa shape index (κ2) is 10.0. The lowest BCUT2D eigenvalue weighted by molar-refractivity contribution is -0.139. The van der Waals surface area contributed by atoms with Gasteiger partial charge in [-0.25, -0.2) is 9.18 Å². The SMILES string of the molecule is CCOC(=O)C1=C(C)NC(=S)NC1c1ccc(NC(=S)Nc2ccc(F)c(Cl)c2)cc1. The van der Waals surface area contributed by atoms with Crippen LogP contribution >= 0.6 is 36.0 Å². The van der Waals surface area contributed by atoms with Gasteiger partial charge < -0.3 is 26.0 Å². The van der Waals surface area contributed by atoms with E-state index in [2.05, 4.69) is 21.3 Å². The van der Waals surface area contributed by atoms with E-state index in [0.717, 1.165) is 11.3 Å². The largest absolute Gasteiger partial charge is 0.463 e. The van der Waals surface area contributed by atoms with Gasteiger partial charge in [0, 0.05) is 17.1 Å². The van der Waals surface area contributed by atoms with E-state index in [1.165, 1.54) is 18.2 Å². The first-order valence-electron chi connectivity index (χ1n) is 9.37. The highest BCUT2D eigenvalue weighted by Gasteiger charge is 2.30. The second-order valence-corrected chi connectivity index (χ2v) is 7.84. The van der Waals surface area contributed by atoms with E-state index in [-0.39, 0.29) is 11.6 Å². The van der Waals surface area contributed by atoms with Gasteiger partial charge in [0.05, 0.1) is 23.2 Å². The Morgan fingerprint density at radius 1 is 1.19 bits per heavy atom. The molecule has 0 saturated heterocycles. The molecule has 0 spiro atoms. The molecule has 1 aliphatic heterocycles. The molecule has 0 aromatic heterocycles. The maximum Gasteiger partial charge on any atom is 0.338 e. The van der Waals surface area contributed by atoms with Crippen LogP contribution in [0, 0.1) is 5.82 Å². The molecule has 1 unspecified atom stereocenters. The molecule has 1 aliphatic rings. The van der Waals surface area contributed by atoms with Crippen LogP contribution in [0.5, 0.6) is 0 Å². The van der Waals surface area contributed by atoms with E-state index in [1.807, 2.05) is 24.3 Å². The summed E-state index contributed by atoms with van der Waals surface area (Å²) in [5.74, 6) is -0.905. The topological polar surface area (TPSA) is 74.4 Å². The van der Waals surface area contributed by atoms with Crippen LogP contribution in [0.2, 0.25) is 5.02 Å². The van der Waals surface area contributed by atoms with Crippen molar-refractivity contribution in [1.29, 1.82) is 0 Å². The number of halogens is 2. The van der Waals surface area contributed by atoms with E-state index in [1.54, 1.807) is 13.8 Å². The van der Waals surface area contributed by atoms with Crippen molar-refractivity contribution in [2.24, 2.45) is 0 Å². The van der Waals surface area contributed by atoms with Gasteiger partial charge in [0.1, 0.15) is 5.82 Å². The maximum absolute atomic E-state index is 13.3. The predicted octanol–water partition coefficient (Wildman–Crippen LogP) is 4.64. The molecule has 2 aromatic carbocycles. The zero-order valence-electron chi connectivity index (χ0n) is 16.7. The van der Waals surface area contributed by atoms with Crippen LogP contribution in [0.4, 0.5) is 15.8 Å².